The van der Waals surface area contributed by atoms with Gasteiger partial charge in [0.2, 0.25) is 0 Å². The Hall–Kier alpha value is -0.870. The molecule has 1 fully saturated rings. The van der Waals surface area contributed by atoms with Gasteiger partial charge in [-0.1, -0.05) is 0 Å². The maximum atomic E-state index is 5.96. The van der Waals surface area contributed by atoms with Crippen LogP contribution in [-0.2, 0) is 17.7 Å². The summed E-state index contributed by atoms with van der Waals surface area (Å²) in [7, 11) is 0. The van der Waals surface area contributed by atoms with Crippen LogP contribution in [0.15, 0.2) is 12.4 Å². The highest BCUT2D eigenvalue weighted by molar-refractivity contribution is 5.05. The summed E-state index contributed by atoms with van der Waals surface area (Å²) >= 11 is 0. The number of nitrogens with two attached hydrogens (primary N) is 1. The van der Waals surface area contributed by atoms with Gasteiger partial charge < -0.3 is 10.5 Å². The molecule has 96 valence electrons. The number of hydrogen-bond acceptors (Lipinski definition) is 3. The van der Waals surface area contributed by atoms with Gasteiger partial charge in [0.15, 0.2) is 0 Å². The quantitative estimate of drug-likeness (QED) is 0.867. The third-order valence-electron chi connectivity index (χ3n) is 3.19. The van der Waals surface area contributed by atoms with Gasteiger partial charge in [-0.15, -0.1) is 0 Å². The zero-order valence-electron chi connectivity index (χ0n) is 11.0. The molecule has 1 aliphatic rings. The molecule has 0 radical (unpaired) electrons. The molecule has 1 saturated heterocycles. The lowest BCUT2D eigenvalue weighted by molar-refractivity contribution is -0.0229. The van der Waals surface area contributed by atoms with Crippen LogP contribution in [-0.4, -0.2) is 27.5 Å². The fraction of sp³-hybridized carbons (Fsp3) is 0.769. The molecule has 2 rings (SSSR count). The van der Waals surface area contributed by atoms with E-state index in [0.717, 1.165) is 25.8 Å². The van der Waals surface area contributed by atoms with E-state index in [0.29, 0.717) is 6.10 Å². The van der Waals surface area contributed by atoms with Gasteiger partial charge in [-0.25, -0.2) is 0 Å². The van der Waals surface area contributed by atoms with E-state index in [1.165, 1.54) is 5.56 Å². The summed E-state index contributed by atoms with van der Waals surface area (Å²) in [6.07, 6.45) is 7.42. The Labute approximate surface area is 103 Å². The van der Waals surface area contributed by atoms with Crippen molar-refractivity contribution in [3.05, 3.63) is 18.0 Å². The molecular formula is C13H23N3O. The van der Waals surface area contributed by atoms with E-state index in [-0.39, 0.29) is 11.6 Å². The van der Waals surface area contributed by atoms with Crippen LogP contribution in [0.3, 0.4) is 0 Å². The Morgan fingerprint density at radius 2 is 2.41 bits per heavy atom. The molecule has 1 aromatic rings. The molecule has 0 aliphatic carbocycles. The van der Waals surface area contributed by atoms with E-state index in [1.807, 2.05) is 17.8 Å². The van der Waals surface area contributed by atoms with Crippen molar-refractivity contribution in [2.24, 2.45) is 5.73 Å². The van der Waals surface area contributed by atoms with Crippen LogP contribution in [0.25, 0.3) is 0 Å². The van der Waals surface area contributed by atoms with E-state index in [2.05, 4.69) is 25.1 Å². The number of nitrogens with zero attached hydrogens (tertiary/aromatic N) is 2. The molecule has 2 atom stereocenters. The maximum Gasteiger partial charge on any atom is 0.0779 e. The van der Waals surface area contributed by atoms with Gasteiger partial charge in [0.25, 0.3) is 0 Å². The molecule has 0 spiro atoms. The molecule has 0 aromatic carbocycles. The number of ether oxygens (including phenoxy) is 1. The molecule has 2 heterocycles. The molecule has 4 nitrogen and oxygen atoms in total. The molecule has 0 amide bonds. The SMILES string of the molecule is CC(N)Cc1cnn(CC2CCC(C)(C)O2)c1. The molecule has 17 heavy (non-hydrogen) atoms. The monoisotopic (exact) mass is 237 g/mol. The zero-order valence-corrected chi connectivity index (χ0v) is 11.0. The minimum Gasteiger partial charge on any atom is -0.370 e. The van der Waals surface area contributed by atoms with Gasteiger partial charge in [0, 0.05) is 12.2 Å². The van der Waals surface area contributed by atoms with Crippen LogP contribution in [0.1, 0.15) is 39.2 Å². The second-order valence-electron chi connectivity index (χ2n) is 5.79. The molecule has 0 bridgehead atoms. The highest BCUT2D eigenvalue weighted by atomic mass is 16.5. The lowest BCUT2D eigenvalue weighted by Gasteiger charge is -2.19. The minimum absolute atomic E-state index is 0.0341. The minimum atomic E-state index is 0.0341. The third kappa shape index (κ3) is 3.54. The summed E-state index contributed by atoms with van der Waals surface area (Å²) in [5.41, 5.74) is 7.01. The Balaban J connectivity index is 1.89. The van der Waals surface area contributed by atoms with Crippen molar-refractivity contribution in [3.8, 4) is 0 Å². The second kappa shape index (κ2) is 4.78. The summed E-state index contributed by atoms with van der Waals surface area (Å²) in [5.74, 6) is 0. The second-order valence-corrected chi connectivity index (χ2v) is 5.79. The van der Waals surface area contributed by atoms with E-state index in [4.69, 9.17) is 10.5 Å². The lowest BCUT2D eigenvalue weighted by Crippen LogP contribution is -2.23. The molecule has 2 unspecified atom stereocenters. The van der Waals surface area contributed by atoms with Gasteiger partial charge in [-0.3, -0.25) is 4.68 Å². The Bertz CT molecular complexity index is 370. The Morgan fingerprint density at radius 1 is 1.65 bits per heavy atom. The van der Waals surface area contributed by atoms with Gasteiger partial charge in [-0.2, -0.15) is 5.10 Å². The van der Waals surface area contributed by atoms with Crippen molar-refractivity contribution in [1.82, 2.24) is 9.78 Å². The van der Waals surface area contributed by atoms with E-state index in [1.54, 1.807) is 0 Å². The number of rotatable bonds is 4. The number of hydrogen-bond donors (Lipinski definition) is 1. The largest absolute Gasteiger partial charge is 0.370 e. The third-order valence-corrected chi connectivity index (χ3v) is 3.19. The lowest BCUT2D eigenvalue weighted by atomic mass is 10.1. The van der Waals surface area contributed by atoms with Crippen LogP contribution in [0.4, 0.5) is 0 Å². The van der Waals surface area contributed by atoms with Crippen LogP contribution in [0.2, 0.25) is 0 Å². The standard InChI is InChI=1S/C13H23N3O/c1-10(14)6-11-7-15-16(8-11)9-12-4-5-13(2,3)17-12/h7-8,10,12H,4-6,9,14H2,1-3H3. The predicted octanol–water partition coefficient (Wildman–Crippen LogP) is 1.73. The van der Waals surface area contributed by atoms with E-state index >= 15 is 0 Å². The Kier molecular flexibility index (Phi) is 3.54. The summed E-state index contributed by atoms with van der Waals surface area (Å²) in [6, 6.07) is 0.189. The van der Waals surface area contributed by atoms with Gasteiger partial charge in [0.05, 0.1) is 24.4 Å². The molecule has 2 N–H and O–H groups in total. The van der Waals surface area contributed by atoms with Crippen LogP contribution < -0.4 is 5.73 Å². The van der Waals surface area contributed by atoms with Crippen LogP contribution in [0, 0.1) is 0 Å². The molecule has 4 heteroatoms. The summed E-state index contributed by atoms with van der Waals surface area (Å²) < 4.78 is 7.93. The maximum absolute atomic E-state index is 5.96. The summed E-state index contributed by atoms with van der Waals surface area (Å²) in [5, 5.41) is 4.36. The van der Waals surface area contributed by atoms with Crippen LogP contribution in [0.5, 0.6) is 0 Å². The van der Waals surface area contributed by atoms with E-state index < -0.39 is 0 Å². The predicted molar refractivity (Wildman–Crippen MR) is 67.8 cm³/mol. The highest BCUT2D eigenvalue weighted by Crippen LogP contribution is 2.29. The molecule has 0 saturated carbocycles. The average Bonchev–Trinajstić information content (AvgIpc) is 2.73. The normalized spacial score (nSPS) is 25.1. The van der Waals surface area contributed by atoms with Crippen molar-refractivity contribution in [1.29, 1.82) is 0 Å². The van der Waals surface area contributed by atoms with Crippen molar-refractivity contribution >= 4 is 0 Å². The first-order chi connectivity index (χ1) is 7.94. The molecular weight excluding hydrogens is 214 g/mol. The van der Waals surface area contributed by atoms with Crippen molar-refractivity contribution in [2.75, 3.05) is 0 Å². The fourth-order valence-electron chi connectivity index (χ4n) is 2.40. The Morgan fingerprint density at radius 3 is 3.00 bits per heavy atom. The summed E-state index contributed by atoms with van der Waals surface area (Å²) in [6.45, 7) is 7.16. The average molecular weight is 237 g/mol. The molecule has 1 aliphatic heterocycles. The van der Waals surface area contributed by atoms with Crippen molar-refractivity contribution < 1.29 is 4.74 Å². The zero-order chi connectivity index (χ0) is 12.5. The molecule has 1 aromatic heterocycles. The smallest absolute Gasteiger partial charge is 0.0779 e. The first-order valence-corrected chi connectivity index (χ1v) is 6.39. The first-order valence-electron chi connectivity index (χ1n) is 6.39. The highest BCUT2D eigenvalue weighted by Gasteiger charge is 2.31. The number of aromatic nitrogens is 2. The van der Waals surface area contributed by atoms with Crippen LogP contribution >= 0.6 is 0 Å². The van der Waals surface area contributed by atoms with Crippen molar-refractivity contribution in [2.45, 2.75) is 64.3 Å². The fourth-order valence-corrected chi connectivity index (χ4v) is 2.40. The summed E-state index contributed by atoms with van der Waals surface area (Å²) in [4.78, 5) is 0. The van der Waals surface area contributed by atoms with Gasteiger partial charge >= 0.3 is 0 Å². The van der Waals surface area contributed by atoms with Crippen molar-refractivity contribution in [3.63, 3.8) is 0 Å². The van der Waals surface area contributed by atoms with Gasteiger partial charge in [0.1, 0.15) is 0 Å². The first kappa shape index (κ1) is 12.6. The van der Waals surface area contributed by atoms with E-state index in [9.17, 15) is 0 Å². The topological polar surface area (TPSA) is 53.1 Å². The van der Waals surface area contributed by atoms with Gasteiger partial charge in [-0.05, 0) is 45.6 Å².